The fraction of sp³-hybridized carbons (Fsp3) is 0.625. The second kappa shape index (κ2) is 2.95. The number of nitrogens with two attached hydrogens (primary N) is 1. The molecule has 0 amide bonds. The van der Waals surface area contributed by atoms with Crippen LogP contribution in [0.5, 0.6) is 0 Å². The highest BCUT2D eigenvalue weighted by atomic mass is 15.0. The van der Waals surface area contributed by atoms with E-state index in [1.807, 2.05) is 0 Å². The first-order chi connectivity index (χ1) is 5.15. The molecular formula is C8H15N3. The van der Waals surface area contributed by atoms with Gasteiger partial charge >= 0.3 is 0 Å². The summed E-state index contributed by atoms with van der Waals surface area (Å²) in [5.41, 5.74) is 7.79. The van der Waals surface area contributed by atoms with Gasteiger partial charge in [0.2, 0.25) is 0 Å². The number of aryl methyl sites for hydroxylation is 1. The Morgan fingerprint density at radius 2 is 2.18 bits per heavy atom. The average molecular weight is 153 g/mol. The Kier molecular flexibility index (Phi) is 2.17. The zero-order valence-corrected chi connectivity index (χ0v) is 7.31. The van der Waals surface area contributed by atoms with Crippen LogP contribution in [0.1, 0.15) is 38.1 Å². The highest BCUT2D eigenvalue weighted by molar-refractivity contribution is 5.27. The first kappa shape index (κ1) is 8.11. The topological polar surface area (TPSA) is 54.7 Å². The van der Waals surface area contributed by atoms with Gasteiger partial charge in [0.05, 0.1) is 5.69 Å². The van der Waals surface area contributed by atoms with Crippen LogP contribution in [0.15, 0.2) is 0 Å². The molecule has 0 saturated carbocycles. The van der Waals surface area contributed by atoms with Crippen molar-refractivity contribution in [2.24, 2.45) is 0 Å². The van der Waals surface area contributed by atoms with Crippen molar-refractivity contribution >= 4 is 5.95 Å². The van der Waals surface area contributed by atoms with Gasteiger partial charge < -0.3 is 10.7 Å². The molecule has 0 fully saturated rings. The van der Waals surface area contributed by atoms with Gasteiger partial charge in [-0.3, -0.25) is 0 Å². The average Bonchev–Trinajstić information content (AvgIpc) is 2.30. The minimum atomic E-state index is 0.457. The molecule has 11 heavy (non-hydrogen) atoms. The van der Waals surface area contributed by atoms with E-state index < -0.39 is 0 Å². The van der Waals surface area contributed by atoms with E-state index in [2.05, 4.69) is 30.7 Å². The minimum absolute atomic E-state index is 0.457. The largest absolute Gasteiger partial charge is 0.369 e. The predicted molar refractivity (Wildman–Crippen MR) is 46.5 cm³/mol. The quantitative estimate of drug-likeness (QED) is 0.679. The number of rotatable bonds is 2. The molecule has 3 heteroatoms. The van der Waals surface area contributed by atoms with Crippen LogP contribution in [0.2, 0.25) is 0 Å². The van der Waals surface area contributed by atoms with Gasteiger partial charge in [-0.1, -0.05) is 20.8 Å². The zero-order valence-electron chi connectivity index (χ0n) is 7.31. The Balaban J connectivity index is 3.02. The van der Waals surface area contributed by atoms with E-state index in [0.717, 1.165) is 17.8 Å². The minimum Gasteiger partial charge on any atom is -0.369 e. The molecule has 3 N–H and O–H groups in total. The molecule has 3 nitrogen and oxygen atoms in total. The summed E-state index contributed by atoms with van der Waals surface area (Å²) in [5, 5.41) is 0. The summed E-state index contributed by atoms with van der Waals surface area (Å²) in [6.45, 7) is 6.34. The van der Waals surface area contributed by atoms with Crippen molar-refractivity contribution < 1.29 is 0 Å². The van der Waals surface area contributed by atoms with E-state index in [1.165, 1.54) is 0 Å². The third-order valence-corrected chi connectivity index (χ3v) is 1.73. The summed E-state index contributed by atoms with van der Waals surface area (Å²) in [7, 11) is 0. The summed E-state index contributed by atoms with van der Waals surface area (Å²) in [6, 6.07) is 0. The second-order valence-electron chi connectivity index (χ2n) is 2.99. The maximum atomic E-state index is 5.53. The van der Waals surface area contributed by atoms with Gasteiger partial charge in [0.1, 0.15) is 0 Å². The number of aromatic amines is 1. The second-order valence-corrected chi connectivity index (χ2v) is 2.99. The van der Waals surface area contributed by atoms with Crippen molar-refractivity contribution in [2.75, 3.05) is 5.73 Å². The molecule has 0 aliphatic carbocycles. The maximum absolute atomic E-state index is 5.53. The van der Waals surface area contributed by atoms with Crippen molar-refractivity contribution in [3.63, 3.8) is 0 Å². The number of aromatic nitrogens is 2. The highest BCUT2D eigenvalue weighted by Crippen LogP contribution is 2.17. The summed E-state index contributed by atoms with van der Waals surface area (Å²) < 4.78 is 0. The summed E-state index contributed by atoms with van der Waals surface area (Å²) in [5.74, 6) is 0.990. The van der Waals surface area contributed by atoms with Crippen LogP contribution >= 0.6 is 0 Å². The molecule has 0 bridgehead atoms. The monoisotopic (exact) mass is 153 g/mol. The molecule has 62 valence electrons. The van der Waals surface area contributed by atoms with Crippen LogP contribution in [0.3, 0.4) is 0 Å². The van der Waals surface area contributed by atoms with Crippen LogP contribution in [-0.4, -0.2) is 9.97 Å². The van der Waals surface area contributed by atoms with E-state index in [1.54, 1.807) is 0 Å². The van der Waals surface area contributed by atoms with Crippen molar-refractivity contribution in [2.45, 2.75) is 33.1 Å². The highest BCUT2D eigenvalue weighted by Gasteiger charge is 2.09. The van der Waals surface area contributed by atoms with E-state index in [9.17, 15) is 0 Å². The molecule has 0 aliphatic heterocycles. The van der Waals surface area contributed by atoms with Gasteiger partial charge in [-0.2, -0.15) is 0 Å². The van der Waals surface area contributed by atoms with Crippen LogP contribution < -0.4 is 5.73 Å². The predicted octanol–water partition coefficient (Wildman–Crippen LogP) is 1.68. The molecule has 0 aliphatic rings. The number of nitrogen functional groups attached to an aromatic ring is 1. The lowest BCUT2D eigenvalue weighted by Gasteiger charge is -2.01. The van der Waals surface area contributed by atoms with Gasteiger partial charge in [-0.15, -0.1) is 0 Å². The Hall–Kier alpha value is -0.990. The zero-order chi connectivity index (χ0) is 8.43. The summed E-state index contributed by atoms with van der Waals surface area (Å²) in [6.07, 6.45) is 0.970. The van der Waals surface area contributed by atoms with Gasteiger partial charge in [-0.05, 0) is 12.3 Å². The van der Waals surface area contributed by atoms with Crippen molar-refractivity contribution in [1.82, 2.24) is 9.97 Å². The van der Waals surface area contributed by atoms with Crippen LogP contribution in [0, 0.1) is 0 Å². The molecule has 1 rings (SSSR count). The van der Waals surface area contributed by atoms with Crippen molar-refractivity contribution in [3.05, 3.63) is 11.4 Å². The third-order valence-electron chi connectivity index (χ3n) is 1.73. The molecule has 0 spiro atoms. The van der Waals surface area contributed by atoms with E-state index in [0.29, 0.717) is 11.9 Å². The number of anilines is 1. The summed E-state index contributed by atoms with van der Waals surface area (Å²) >= 11 is 0. The summed E-state index contributed by atoms with van der Waals surface area (Å²) in [4.78, 5) is 7.25. The lowest BCUT2D eigenvalue weighted by Crippen LogP contribution is -1.93. The molecule has 0 atom stereocenters. The number of nitrogens with zero attached hydrogens (tertiary/aromatic N) is 1. The number of imidazole rings is 1. The molecule has 0 aromatic carbocycles. The first-order valence-corrected chi connectivity index (χ1v) is 3.99. The number of nitrogens with one attached hydrogen (secondary N) is 1. The SMILES string of the molecule is CCc1[nH]c(N)nc1C(C)C. The Morgan fingerprint density at radius 1 is 1.55 bits per heavy atom. The van der Waals surface area contributed by atoms with Crippen LogP contribution in [-0.2, 0) is 6.42 Å². The molecule has 1 aromatic heterocycles. The lowest BCUT2D eigenvalue weighted by atomic mass is 10.1. The number of hydrogen-bond donors (Lipinski definition) is 2. The Labute approximate surface area is 67.0 Å². The van der Waals surface area contributed by atoms with Crippen LogP contribution in [0.4, 0.5) is 5.95 Å². The van der Waals surface area contributed by atoms with Gasteiger partial charge in [0.15, 0.2) is 5.95 Å². The maximum Gasteiger partial charge on any atom is 0.197 e. The van der Waals surface area contributed by atoms with E-state index in [-0.39, 0.29) is 0 Å². The van der Waals surface area contributed by atoms with Gasteiger partial charge in [0, 0.05) is 5.69 Å². The molecule has 1 heterocycles. The molecule has 1 aromatic rings. The number of hydrogen-bond acceptors (Lipinski definition) is 2. The van der Waals surface area contributed by atoms with Gasteiger partial charge in [-0.25, -0.2) is 4.98 Å². The van der Waals surface area contributed by atoms with E-state index in [4.69, 9.17) is 5.73 Å². The van der Waals surface area contributed by atoms with Crippen molar-refractivity contribution in [3.8, 4) is 0 Å². The van der Waals surface area contributed by atoms with Gasteiger partial charge in [0.25, 0.3) is 0 Å². The molecule has 0 unspecified atom stereocenters. The third kappa shape index (κ3) is 1.53. The fourth-order valence-corrected chi connectivity index (χ4v) is 1.19. The smallest absolute Gasteiger partial charge is 0.197 e. The normalized spacial score (nSPS) is 10.9. The van der Waals surface area contributed by atoms with Crippen molar-refractivity contribution in [1.29, 1.82) is 0 Å². The molecule has 0 radical (unpaired) electrons. The lowest BCUT2D eigenvalue weighted by molar-refractivity contribution is 0.810. The van der Waals surface area contributed by atoms with Crippen LogP contribution in [0.25, 0.3) is 0 Å². The standard InChI is InChI=1S/C8H15N3/c1-4-6-7(5(2)3)11-8(9)10-6/h5H,4H2,1-3H3,(H3,9,10,11). The Morgan fingerprint density at radius 3 is 2.55 bits per heavy atom. The molecule has 0 saturated heterocycles. The van der Waals surface area contributed by atoms with E-state index >= 15 is 0 Å². The molecular weight excluding hydrogens is 138 g/mol. The number of H-pyrrole nitrogens is 1. The Bertz CT molecular complexity index is 237. The fourth-order valence-electron chi connectivity index (χ4n) is 1.19. The first-order valence-electron chi connectivity index (χ1n) is 3.99.